The molecule has 4 rings (SSSR count). The van der Waals surface area contributed by atoms with E-state index >= 15 is 0 Å². The number of aryl methyl sites for hydroxylation is 1. The third-order valence-corrected chi connectivity index (χ3v) is 6.97. The van der Waals surface area contributed by atoms with Crippen molar-refractivity contribution in [3.8, 4) is 0 Å². The summed E-state index contributed by atoms with van der Waals surface area (Å²) in [4.78, 5) is 9.18. The van der Waals surface area contributed by atoms with Gasteiger partial charge in [0.2, 0.25) is 0 Å². The van der Waals surface area contributed by atoms with Crippen molar-refractivity contribution in [2.45, 2.75) is 51.1 Å². The van der Waals surface area contributed by atoms with Crippen molar-refractivity contribution < 1.29 is 4.39 Å². The summed E-state index contributed by atoms with van der Waals surface area (Å²) in [7, 11) is 4.19. The standard InChI is InChI=1S/C28H36ClFN4/c1-33(2)15-5-3-4-6-23-8-7-21(18-27(23)30)20-34-16-12-25(13-17-34)32-28-26-19-24(29)10-9-22(26)11-14-31-28/h7-11,14,18-19,25H,3-6,12-13,15-17,20H2,1-2H3,(H,31,32). The molecule has 0 bridgehead atoms. The van der Waals surface area contributed by atoms with Gasteiger partial charge in [-0.1, -0.05) is 36.2 Å². The molecule has 0 spiro atoms. The topological polar surface area (TPSA) is 31.4 Å². The molecule has 1 saturated heterocycles. The lowest BCUT2D eigenvalue weighted by atomic mass is 10.0. The predicted octanol–water partition coefficient (Wildman–Crippen LogP) is 6.38. The van der Waals surface area contributed by atoms with Crippen LogP contribution in [0.5, 0.6) is 0 Å². The molecule has 2 heterocycles. The van der Waals surface area contributed by atoms with Gasteiger partial charge in [0.25, 0.3) is 0 Å². The Bertz CT molecular complexity index is 1080. The molecule has 0 atom stereocenters. The molecule has 0 radical (unpaired) electrons. The van der Waals surface area contributed by atoms with E-state index < -0.39 is 0 Å². The summed E-state index contributed by atoms with van der Waals surface area (Å²) in [6.07, 6.45) is 8.09. The highest BCUT2D eigenvalue weighted by Crippen LogP contribution is 2.27. The number of piperidine rings is 1. The number of nitrogens with zero attached hydrogens (tertiary/aromatic N) is 3. The van der Waals surface area contributed by atoms with Crippen LogP contribution in [-0.2, 0) is 13.0 Å². The van der Waals surface area contributed by atoms with Crippen LogP contribution in [0.25, 0.3) is 10.8 Å². The van der Waals surface area contributed by atoms with Gasteiger partial charge in [-0.25, -0.2) is 9.37 Å². The molecule has 1 aliphatic rings. The largest absolute Gasteiger partial charge is 0.367 e. The fraction of sp³-hybridized carbons (Fsp3) is 0.464. The van der Waals surface area contributed by atoms with E-state index in [2.05, 4.69) is 40.3 Å². The summed E-state index contributed by atoms with van der Waals surface area (Å²) in [5, 5.41) is 6.55. The summed E-state index contributed by atoms with van der Waals surface area (Å²) < 4.78 is 14.6. The molecular formula is C28H36ClFN4. The Balaban J connectivity index is 1.25. The van der Waals surface area contributed by atoms with E-state index in [4.69, 9.17) is 11.6 Å². The van der Waals surface area contributed by atoms with E-state index in [1.165, 1.54) is 6.42 Å². The Morgan fingerprint density at radius 2 is 1.88 bits per heavy atom. The van der Waals surface area contributed by atoms with Crippen molar-refractivity contribution in [3.05, 3.63) is 70.6 Å². The van der Waals surface area contributed by atoms with Crippen molar-refractivity contribution in [1.29, 1.82) is 0 Å². The molecule has 1 aliphatic heterocycles. The minimum atomic E-state index is -0.0534. The van der Waals surface area contributed by atoms with Gasteiger partial charge in [0.15, 0.2) is 0 Å². The van der Waals surface area contributed by atoms with Crippen molar-refractivity contribution in [2.75, 3.05) is 39.0 Å². The van der Waals surface area contributed by atoms with Gasteiger partial charge < -0.3 is 10.2 Å². The first-order chi connectivity index (χ1) is 16.5. The van der Waals surface area contributed by atoms with E-state index in [1.54, 1.807) is 6.07 Å². The van der Waals surface area contributed by atoms with Crippen molar-refractivity contribution >= 4 is 28.2 Å². The second kappa shape index (κ2) is 12.0. The number of benzene rings is 2. The third-order valence-electron chi connectivity index (χ3n) is 6.73. The maximum Gasteiger partial charge on any atom is 0.134 e. The maximum atomic E-state index is 14.6. The highest BCUT2D eigenvalue weighted by molar-refractivity contribution is 6.31. The van der Waals surface area contributed by atoms with Crippen LogP contribution in [0.1, 0.15) is 43.2 Å². The number of rotatable bonds is 10. The Kier molecular flexibility index (Phi) is 8.76. The summed E-state index contributed by atoms with van der Waals surface area (Å²) >= 11 is 6.21. The lowest BCUT2D eigenvalue weighted by Crippen LogP contribution is -2.38. The molecule has 34 heavy (non-hydrogen) atoms. The average Bonchev–Trinajstić information content (AvgIpc) is 2.81. The first kappa shape index (κ1) is 24.9. The number of halogens is 2. The predicted molar refractivity (Wildman–Crippen MR) is 141 cm³/mol. The summed E-state index contributed by atoms with van der Waals surface area (Å²) in [5.74, 6) is 0.847. The van der Waals surface area contributed by atoms with Crippen molar-refractivity contribution in [2.24, 2.45) is 0 Å². The van der Waals surface area contributed by atoms with Crippen LogP contribution in [0.3, 0.4) is 0 Å². The van der Waals surface area contributed by atoms with Gasteiger partial charge in [-0.15, -0.1) is 0 Å². The number of pyridine rings is 1. The first-order valence-corrected chi connectivity index (χ1v) is 12.8. The van der Waals surface area contributed by atoms with Crippen molar-refractivity contribution in [1.82, 2.24) is 14.8 Å². The number of nitrogens with one attached hydrogen (secondary N) is 1. The van der Waals surface area contributed by atoms with Crippen molar-refractivity contribution in [3.63, 3.8) is 0 Å². The SMILES string of the molecule is CN(C)CCCCCc1ccc(CN2CCC(Nc3nccc4ccc(Cl)cc34)CC2)cc1F. The monoisotopic (exact) mass is 482 g/mol. The van der Waals surface area contributed by atoms with Crippen LogP contribution in [0.2, 0.25) is 5.02 Å². The molecule has 3 aromatic rings. The van der Waals surface area contributed by atoms with Gasteiger partial charge in [-0.3, -0.25) is 4.90 Å². The van der Waals surface area contributed by atoms with Crippen LogP contribution in [-0.4, -0.2) is 54.6 Å². The Morgan fingerprint density at radius 1 is 1.06 bits per heavy atom. The molecule has 182 valence electrons. The van der Waals surface area contributed by atoms with Gasteiger partial charge in [0, 0.05) is 42.3 Å². The van der Waals surface area contributed by atoms with Gasteiger partial charge in [0.1, 0.15) is 11.6 Å². The zero-order valence-electron chi connectivity index (χ0n) is 20.4. The number of hydrogen-bond acceptors (Lipinski definition) is 4. The molecule has 0 unspecified atom stereocenters. The molecule has 6 heteroatoms. The molecule has 4 nitrogen and oxygen atoms in total. The normalized spacial score (nSPS) is 15.3. The number of unbranched alkanes of at least 4 members (excludes halogenated alkanes) is 2. The molecule has 0 amide bonds. The number of likely N-dealkylation sites (tertiary alicyclic amines) is 1. The third kappa shape index (κ3) is 6.91. The highest BCUT2D eigenvalue weighted by Gasteiger charge is 2.20. The van der Waals surface area contributed by atoms with Gasteiger partial charge in [0.05, 0.1) is 0 Å². The van der Waals surface area contributed by atoms with E-state index in [1.807, 2.05) is 36.5 Å². The average molecular weight is 483 g/mol. The molecule has 1 aromatic heterocycles. The molecule has 0 saturated carbocycles. The molecule has 1 N–H and O–H groups in total. The number of aromatic nitrogens is 1. The number of fused-ring (bicyclic) bond motifs is 1. The second-order valence-corrected chi connectivity index (χ2v) is 10.2. The Morgan fingerprint density at radius 3 is 2.65 bits per heavy atom. The van der Waals surface area contributed by atoms with Gasteiger partial charge in [-0.2, -0.15) is 0 Å². The van der Waals surface area contributed by atoms with Crippen LogP contribution in [0.15, 0.2) is 48.7 Å². The second-order valence-electron chi connectivity index (χ2n) is 9.76. The zero-order valence-corrected chi connectivity index (χ0v) is 21.1. The quantitative estimate of drug-likeness (QED) is 0.340. The number of anilines is 1. The summed E-state index contributed by atoms with van der Waals surface area (Å²) in [6.45, 7) is 3.87. The smallest absolute Gasteiger partial charge is 0.134 e. The van der Waals surface area contributed by atoms with Gasteiger partial charge in [-0.05, 0) is 93.5 Å². The lowest BCUT2D eigenvalue weighted by Gasteiger charge is -2.32. The Labute approximate surface area is 208 Å². The van der Waals surface area contributed by atoms with Crippen LogP contribution in [0, 0.1) is 5.82 Å². The van der Waals surface area contributed by atoms with E-state index in [9.17, 15) is 4.39 Å². The summed E-state index contributed by atoms with van der Waals surface area (Å²) in [5.41, 5.74) is 1.91. The van der Waals surface area contributed by atoms with Gasteiger partial charge >= 0.3 is 0 Å². The van der Waals surface area contributed by atoms with Crippen LogP contribution < -0.4 is 5.32 Å². The first-order valence-electron chi connectivity index (χ1n) is 12.4. The fourth-order valence-electron chi connectivity index (χ4n) is 4.75. The molecule has 1 fully saturated rings. The van der Waals surface area contributed by atoms with Crippen LogP contribution >= 0.6 is 11.6 Å². The van der Waals surface area contributed by atoms with E-state index in [0.29, 0.717) is 6.04 Å². The minimum absolute atomic E-state index is 0.0534. The highest BCUT2D eigenvalue weighted by atomic mass is 35.5. The lowest BCUT2D eigenvalue weighted by molar-refractivity contribution is 0.211. The molecule has 2 aromatic carbocycles. The minimum Gasteiger partial charge on any atom is -0.367 e. The molecular weight excluding hydrogens is 447 g/mol. The van der Waals surface area contributed by atoms with Crippen LogP contribution in [0.4, 0.5) is 10.2 Å². The van der Waals surface area contributed by atoms with E-state index in [-0.39, 0.29) is 5.82 Å². The maximum absolute atomic E-state index is 14.6. The van der Waals surface area contributed by atoms with E-state index in [0.717, 1.165) is 91.0 Å². The number of hydrogen-bond donors (Lipinski definition) is 1. The Hall–Kier alpha value is -2.21. The zero-order chi connectivity index (χ0) is 23.9. The fourth-order valence-corrected chi connectivity index (χ4v) is 4.93. The summed E-state index contributed by atoms with van der Waals surface area (Å²) in [6, 6.07) is 14.1. The molecule has 0 aliphatic carbocycles.